The Labute approximate surface area is 142 Å². The SMILES string of the molecule is Cl.NC1(c2noc(Cc3csc(-c4cccs4)n3)n2)CCC1. The van der Waals surface area contributed by atoms with Gasteiger partial charge in [0.05, 0.1) is 22.5 Å². The van der Waals surface area contributed by atoms with Crippen molar-refractivity contribution in [2.45, 2.75) is 31.2 Å². The van der Waals surface area contributed by atoms with Crippen molar-refractivity contribution in [2.75, 3.05) is 0 Å². The van der Waals surface area contributed by atoms with Crippen LogP contribution in [0.15, 0.2) is 27.4 Å². The van der Waals surface area contributed by atoms with Gasteiger partial charge in [-0.2, -0.15) is 4.98 Å². The Kier molecular flexibility index (Phi) is 4.31. The van der Waals surface area contributed by atoms with Crippen LogP contribution in [0.3, 0.4) is 0 Å². The van der Waals surface area contributed by atoms with Gasteiger partial charge in [-0.05, 0) is 30.7 Å². The molecular formula is C14H15ClN4OS2. The van der Waals surface area contributed by atoms with Crippen LogP contribution in [0, 0.1) is 0 Å². The van der Waals surface area contributed by atoms with Crippen LogP contribution in [0.1, 0.15) is 36.7 Å². The number of halogens is 1. The molecule has 1 aliphatic rings. The third-order valence-corrected chi connectivity index (χ3v) is 5.71. The quantitative estimate of drug-likeness (QED) is 0.774. The number of aromatic nitrogens is 3. The maximum atomic E-state index is 6.20. The van der Waals surface area contributed by atoms with Crippen LogP contribution in [-0.4, -0.2) is 15.1 Å². The Morgan fingerprint density at radius 3 is 2.82 bits per heavy atom. The molecule has 1 aliphatic carbocycles. The second-order valence-electron chi connectivity index (χ2n) is 5.32. The standard InChI is InChI=1S/C14H14N4OS2.ClH/c15-14(4-2-5-14)13-17-11(19-18-13)7-9-8-21-12(16-9)10-3-1-6-20-10;/h1,3,6,8H,2,4-5,7,15H2;1H. The minimum atomic E-state index is -0.369. The summed E-state index contributed by atoms with van der Waals surface area (Å²) in [5.41, 5.74) is 6.79. The molecule has 0 spiro atoms. The van der Waals surface area contributed by atoms with E-state index in [0.29, 0.717) is 18.1 Å². The number of hydrogen-bond acceptors (Lipinski definition) is 7. The van der Waals surface area contributed by atoms with Gasteiger partial charge in [0.15, 0.2) is 5.82 Å². The van der Waals surface area contributed by atoms with Gasteiger partial charge in [0.2, 0.25) is 5.89 Å². The second-order valence-corrected chi connectivity index (χ2v) is 7.13. The first-order chi connectivity index (χ1) is 10.2. The second kappa shape index (κ2) is 6.08. The van der Waals surface area contributed by atoms with E-state index in [1.807, 2.05) is 11.4 Å². The van der Waals surface area contributed by atoms with E-state index in [0.717, 1.165) is 30.0 Å². The van der Waals surface area contributed by atoms with Gasteiger partial charge < -0.3 is 10.3 Å². The Hall–Kier alpha value is -1.28. The van der Waals surface area contributed by atoms with Crippen molar-refractivity contribution in [3.8, 4) is 9.88 Å². The van der Waals surface area contributed by atoms with Crippen LogP contribution in [-0.2, 0) is 12.0 Å². The molecule has 0 saturated heterocycles. The predicted octanol–water partition coefficient (Wildman–Crippen LogP) is 3.61. The monoisotopic (exact) mass is 354 g/mol. The summed E-state index contributed by atoms with van der Waals surface area (Å²) in [7, 11) is 0. The summed E-state index contributed by atoms with van der Waals surface area (Å²) < 4.78 is 5.32. The van der Waals surface area contributed by atoms with E-state index in [9.17, 15) is 0 Å². The van der Waals surface area contributed by atoms with Crippen LogP contribution in [0.25, 0.3) is 9.88 Å². The largest absolute Gasteiger partial charge is 0.339 e. The summed E-state index contributed by atoms with van der Waals surface area (Å²) in [5, 5.41) is 9.16. The highest BCUT2D eigenvalue weighted by Gasteiger charge is 2.38. The van der Waals surface area contributed by atoms with Crippen LogP contribution in [0.5, 0.6) is 0 Å². The van der Waals surface area contributed by atoms with Gasteiger partial charge in [0, 0.05) is 5.38 Å². The molecule has 5 nitrogen and oxygen atoms in total. The minimum Gasteiger partial charge on any atom is -0.339 e. The molecular weight excluding hydrogens is 340 g/mol. The van der Waals surface area contributed by atoms with E-state index in [-0.39, 0.29) is 17.9 Å². The van der Waals surface area contributed by atoms with E-state index in [4.69, 9.17) is 10.3 Å². The van der Waals surface area contributed by atoms with E-state index in [1.54, 1.807) is 22.7 Å². The number of hydrogen-bond donors (Lipinski definition) is 1. The van der Waals surface area contributed by atoms with Crippen LogP contribution in [0.4, 0.5) is 0 Å². The average molecular weight is 355 g/mol. The van der Waals surface area contributed by atoms with E-state index in [2.05, 4.69) is 26.6 Å². The third kappa shape index (κ3) is 2.81. The van der Waals surface area contributed by atoms with Gasteiger partial charge in [-0.1, -0.05) is 11.2 Å². The highest BCUT2D eigenvalue weighted by atomic mass is 35.5. The van der Waals surface area contributed by atoms with Crippen LogP contribution in [0.2, 0.25) is 0 Å². The van der Waals surface area contributed by atoms with Gasteiger partial charge in [-0.15, -0.1) is 35.1 Å². The molecule has 0 bridgehead atoms. The smallest absolute Gasteiger partial charge is 0.232 e. The molecule has 3 aromatic heterocycles. The first kappa shape index (κ1) is 15.6. The lowest BCUT2D eigenvalue weighted by Gasteiger charge is -2.34. The number of rotatable bonds is 4. The van der Waals surface area contributed by atoms with Gasteiger partial charge in [0.1, 0.15) is 5.01 Å². The van der Waals surface area contributed by atoms with E-state index in [1.165, 1.54) is 4.88 Å². The molecule has 0 aromatic carbocycles. The first-order valence-electron chi connectivity index (χ1n) is 6.83. The molecule has 22 heavy (non-hydrogen) atoms. The van der Waals surface area contributed by atoms with E-state index < -0.39 is 0 Å². The molecule has 3 heterocycles. The number of thiophene rings is 1. The summed E-state index contributed by atoms with van der Waals surface area (Å²) in [6.45, 7) is 0. The molecule has 8 heteroatoms. The Bertz CT molecular complexity index is 749. The summed E-state index contributed by atoms with van der Waals surface area (Å²) in [5.74, 6) is 1.22. The minimum absolute atomic E-state index is 0. The van der Waals surface area contributed by atoms with Crippen molar-refractivity contribution < 1.29 is 4.52 Å². The van der Waals surface area contributed by atoms with Crippen molar-refractivity contribution in [3.05, 3.63) is 40.3 Å². The highest BCUT2D eigenvalue weighted by Crippen LogP contribution is 2.37. The molecule has 1 fully saturated rings. The topological polar surface area (TPSA) is 77.8 Å². The average Bonchev–Trinajstić information content (AvgIpc) is 3.17. The lowest BCUT2D eigenvalue weighted by atomic mass is 9.77. The summed E-state index contributed by atoms with van der Waals surface area (Å²) in [6.07, 6.45) is 3.57. The summed E-state index contributed by atoms with van der Waals surface area (Å²) in [6, 6.07) is 4.11. The predicted molar refractivity (Wildman–Crippen MR) is 89.5 cm³/mol. The van der Waals surface area contributed by atoms with Crippen LogP contribution < -0.4 is 5.73 Å². The molecule has 2 N–H and O–H groups in total. The molecule has 0 radical (unpaired) electrons. The van der Waals surface area contributed by atoms with Gasteiger partial charge in [0.25, 0.3) is 0 Å². The van der Waals surface area contributed by atoms with E-state index >= 15 is 0 Å². The van der Waals surface area contributed by atoms with Crippen molar-refractivity contribution >= 4 is 35.1 Å². The lowest BCUT2D eigenvalue weighted by Crippen LogP contribution is -2.44. The number of nitrogens with two attached hydrogens (primary N) is 1. The summed E-state index contributed by atoms with van der Waals surface area (Å²) >= 11 is 3.33. The molecule has 4 rings (SSSR count). The molecule has 0 amide bonds. The van der Waals surface area contributed by atoms with Crippen molar-refractivity contribution in [2.24, 2.45) is 5.73 Å². The molecule has 0 unspecified atom stereocenters. The molecule has 0 aliphatic heterocycles. The van der Waals surface area contributed by atoms with Gasteiger partial charge in [-0.3, -0.25) is 0 Å². The molecule has 3 aromatic rings. The van der Waals surface area contributed by atoms with Crippen molar-refractivity contribution in [1.82, 2.24) is 15.1 Å². The lowest BCUT2D eigenvalue weighted by molar-refractivity contribution is 0.229. The Morgan fingerprint density at radius 2 is 2.14 bits per heavy atom. The molecule has 116 valence electrons. The Morgan fingerprint density at radius 1 is 1.27 bits per heavy atom. The molecule has 0 atom stereocenters. The fraction of sp³-hybridized carbons (Fsp3) is 0.357. The number of thiazole rings is 1. The third-order valence-electron chi connectivity index (χ3n) is 3.78. The van der Waals surface area contributed by atoms with Crippen LogP contribution >= 0.6 is 35.1 Å². The highest BCUT2D eigenvalue weighted by molar-refractivity contribution is 7.20. The first-order valence-corrected chi connectivity index (χ1v) is 8.59. The van der Waals surface area contributed by atoms with Gasteiger partial charge in [-0.25, -0.2) is 4.98 Å². The van der Waals surface area contributed by atoms with Gasteiger partial charge >= 0.3 is 0 Å². The zero-order valence-corrected chi connectivity index (χ0v) is 14.1. The summed E-state index contributed by atoms with van der Waals surface area (Å²) in [4.78, 5) is 10.2. The normalized spacial score (nSPS) is 16.0. The van der Waals surface area contributed by atoms with Crippen molar-refractivity contribution in [3.63, 3.8) is 0 Å². The van der Waals surface area contributed by atoms with Crippen molar-refractivity contribution in [1.29, 1.82) is 0 Å². The molecule has 1 saturated carbocycles. The Balaban J connectivity index is 0.00000144. The number of nitrogens with zero attached hydrogens (tertiary/aromatic N) is 3. The zero-order chi connectivity index (χ0) is 14.3. The fourth-order valence-electron chi connectivity index (χ4n) is 2.37. The maximum Gasteiger partial charge on any atom is 0.232 e. The maximum absolute atomic E-state index is 6.20. The fourth-order valence-corrected chi connectivity index (χ4v) is 4.00. The zero-order valence-electron chi connectivity index (χ0n) is 11.7.